The van der Waals surface area contributed by atoms with Gasteiger partial charge in [0.15, 0.2) is 0 Å². The van der Waals surface area contributed by atoms with Crippen LogP contribution in [0, 0.1) is 0 Å². The molecule has 0 rings (SSSR count). The Morgan fingerprint density at radius 3 is 2.25 bits per heavy atom. The fraction of sp³-hybridized carbons (Fsp3) is 0.571. The number of ketones is 2. The van der Waals surface area contributed by atoms with Gasteiger partial charge in [-0.3, -0.25) is 14.4 Å². The number of carboxylic acids is 1. The van der Waals surface area contributed by atoms with Crippen LogP contribution in [0.4, 0.5) is 0 Å². The number of rotatable bonds is 5. The van der Waals surface area contributed by atoms with Crippen molar-refractivity contribution >= 4 is 17.5 Å². The van der Waals surface area contributed by atoms with E-state index in [1.165, 1.54) is 6.92 Å². The molecular weight excluding hydrogens is 162 g/mol. The molecule has 0 heterocycles. The first-order valence-electron chi connectivity index (χ1n) is 3.43. The second-order valence-corrected chi connectivity index (χ2v) is 2.57. The van der Waals surface area contributed by atoms with Crippen molar-refractivity contribution in [3.63, 3.8) is 0 Å². The molecule has 68 valence electrons. The van der Waals surface area contributed by atoms with Crippen LogP contribution in [-0.2, 0) is 14.4 Å². The zero-order valence-electron chi connectivity index (χ0n) is 6.74. The lowest BCUT2D eigenvalue weighted by Crippen LogP contribution is -2.32. The van der Waals surface area contributed by atoms with Gasteiger partial charge in [0.1, 0.15) is 17.6 Å². The van der Waals surface area contributed by atoms with Crippen LogP contribution in [0.15, 0.2) is 0 Å². The summed E-state index contributed by atoms with van der Waals surface area (Å²) in [6.45, 7) is 1.27. The summed E-state index contributed by atoms with van der Waals surface area (Å²) in [5.74, 6) is -1.94. The van der Waals surface area contributed by atoms with E-state index in [2.05, 4.69) is 0 Å². The molecule has 3 N–H and O–H groups in total. The minimum Gasteiger partial charge on any atom is -0.480 e. The molecule has 1 atom stereocenters. The number of hydrogen-bond acceptors (Lipinski definition) is 4. The van der Waals surface area contributed by atoms with Crippen molar-refractivity contribution in [3.8, 4) is 0 Å². The van der Waals surface area contributed by atoms with Gasteiger partial charge in [0.2, 0.25) is 0 Å². The Kier molecular flexibility index (Phi) is 4.14. The molecule has 0 aliphatic carbocycles. The van der Waals surface area contributed by atoms with Crippen LogP contribution in [0.1, 0.15) is 19.8 Å². The van der Waals surface area contributed by atoms with Gasteiger partial charge in [-0.1, -0.05) is 0 Å². The molecule has 5 nitrogen and oxygen atoms in total. The molecule has 0 saturated carbocycles. The van der Waals surface area contributed by atoms with Crippen LogP contribution in [0.5, 0.6) is 0 Å². The lowest BCUT2D eigenvalue weighted by Gasteiger charge is -2.02. The molecule has 0 bridgehead atoms. The van der Waals surface area contributed by atoms with Crippen LogP contribution >= 0.6 is 0 Å². The maximum Gasteiger partial charge on any atom is 0.320 e. The van der Waals surface area contributed by atoms with Gasteiger partial charge in [-0.25, -0.2) is 0 Å². The fourth-order valence-corrected chi connectivity index (χ4v) is 0.682. The van der Waals surface area contributed by atoms with E-state index in [9.17, 15) is 14.4 Å². The lowest BCUT2D eigenvalue weighted by molar-refractivity contribution is -0.140. The number of carbonyl (C=O) groups excluding carboxylic acids is 2. The van der Waals surface area contributed by atoms with Crippen LogP contribution < -0.4 is 5.73 Å². The normalized spacial score (nSPS) is 12.2. The molecule has 12 heavy (non-hydrogen) atoms. The molecule has 0 amide bonds. The number of Topliss-reactive ketones (excluding diaryl/α,β-unsaturated/α-hetero) is 2. The smallest absolute Gasteiger partial charge is 0.320 e. The van der Waals surface area contributed by atoms with Crippen molar-refractivity contribution in [2.75, 3.05) is 0 Å². The number of nitrogens with two attached hydrogens (primary N) is 1. The molecule has 0 spiro atoms. The van der Waals surface area contributed by atoms with Crippen LogP contribution in [0.25, 0.3) is 0 Å². The minimum atomic E-state index is -1.23. The van der Waals surface area contributed by atoms with E-state index in [0.717, 1.165) is 0 Å². The lowest BCUT2D eigenvalue weighted by atomic mass is 10.1. The second-order valence-electron chi connectivity index (χ2n) is 2.57. The molecule has 0 aromatic heterocycles. The van der Waals surface area contributed by atoms with Crippen LogP contribution in [0.2, 0.25) is 0 Å². The molecule has 0 aliphatic rings. The third-order valence-electron chi connectivity index (χ3n) is 1.21. The number of hydrogen-bond donors (Lipinski definition) is 2. The summed E-state index contributed by atoms with van der Waals surface area (Å²) in [6, 6.07) is -1.20. The van der Waals surface area contributed by atoms with Crippen molar-refractivity contribution in [3.05, 3.63) is 0 Å². The Labute approximate surface area is 69.5 Å². The van der Waals surface area contributed by atoms with Crippen LogP contribution in [0.3, 0.4) is 0 Å². The van der Waals surface area contributed by atoms with E-state index in [4.69, 9.17) is 10.8 Å². The Balaban J connectivity index is 3.85. The van der Waals surface area contributed by atoms with E-state index >= 15 is 0 Å². The maximum atomic E-state index is 10.8. The Morgan fingerprint density at radius 2 is 1.92 bits per heavy atom. The summed E-state index contributed by atoms with van der Waals surface area (Å²) in [7, 11) is 0. The van der Waals surface area contributed by atoms with E-state index in [-0.39, 0.29) is 18.6 Å². The van der Waals surface area contributed by atoms with E-state index in [1.807, 2.05) is 0 Å². The molecular formula is C7H11NO4. The predicted octanol–water partition coefficient (Wildman–Crippen LogP) is -0.663. The zero-order valence-corrected chi connectivity index (χ0v) is 6.74. The average molecular weight is 173 g/mol. The molecule has 0 radical (unpaired) electrons. The second kappa shape index (κ2) is 4.61. The molecule has 0 saturated heterocycles. The Hall–Kier alpha value is -1.23. The first-order chi connectivity index (χ1) is 5.43. The summed E-state index contributed by atoms with van der Waals surface area (Å²) in [6.07, 6.45) is -0.518. The molecule has 5 heteroatoms. The van der Waals surface area contributed by atoms with Gasteiger partial charge >= 0.3 is 5.97 Å². The van der Waals surface area contributed by atoms with Crippen molar-refractivity contribution in [1.82, 2.24) is 0 Å². The summed E-state index contributed by atoms with van der Waals surface area (Å²) in [5, 5.41) is 8.30. The van der Waals surface area contributed by atoms with Crippen molar-refractivity contribution in [2.24, 2.45) is 5.73 Å². The summed E-state index contributed by atoms with van der Waals surface area (Å²) in [5.41, 5.74) is 5.06. The first-order valence-corrected chi connectivity index (χ1v) is 3.43. The number of carbonyl (C=O) groups is 3. The van der Waals surface area contributed by atoms with Crippen molar-refractivity contribution < 1.29 is 19.5 Å². The number of carboxylic acid groups (broad SMARTS) is 1. The van der Waals surface area contributed by atoms with E-state index in [0.29, 0.717) is 0 Å². The SMILES string of the molecule is CC(=O)CC(=O)CC(N)C(=O)O. The first kappa shape index (κ1) is 10.8. The van der Waals surface area contributed by atoms with Crippen molar-refractivity contribution in [1.29, 1.82) is 0 Å². The summed E-state index contributed by atoms with van der Waals surface area (Å²) >= 11 is 0. The third kappa shape index (κ3) is 4.56. The van der Waals surface area contributed by atoms with Gasteiger partial charge in [-0.2, -0.15) is 0 Å². The highest BCUT2D eigenvalue weighted by molar-refractivity contribution is 5.99. The topological polar surface area (TPSA) is 97.5 Å². The molecule has 0 fully saturated rings. The predicted molar refractivity (Wildman–Crippen MR) is 40.5 cm³/mol. The molecule has 0 aromatic rings. The largest absolute Gasteiger partial charge is 0.480 e. The van der Waals surface area contributed by atoms with Crippen molar-refractivity contribution in [2.45, 2.75) is 25.8 Å². The van der Waals surface area contributed by atoms with Crippen LogP contribution in [-0.4, -0.2) is 28.7 Å². The van der Waals surface area contributed by atoms with Gasteiger partial charge in [-0.05, 0) is 6.92 Å². The van der Waals surface area contributed by atoms with E-state index < -0.39 is 17.8 Å². The summed E-state index contributed by atoms with van der Waals surface area (Å²) in [4.78, 5) is 31.4. The highest BCUT2D eigenvalue weighted by Gasteiger charge is 2.16. The van der Waals surface area contributed by atoms with Gasteiger partial charge < -0.3 is 10.8 Å². The summed E-state index contributed by atoms with van der Waals surface area (Å²) < 4.78 is 0. The van der Waals surface area contributed by atoms with Gasteiger partial charge in [0.25, 0.3) is 0 Å². The Bertz CT molecular complexity index is 211. The zero-order chi connectivity index (χ0) is 9.72. The Morgan fingerprint density at radius 1 is 1.42 bits per heavy atom. The standard InChI is InChI=1S/C7H11NO4/c1-4(9)2-5(10)3-6(8)7(11)12/h6H,2-3,8H2,1H3,(H,11,12). The molecule has 0 aliphatic heterocycles. The van der Waals surface area contributed by atoms with Gasteiger partial charge in [0, 0.05) is 6.42 Å². The monoisotopic (exact) mass is 173 g/mol. The highest BCUT2D eigenvalue weighted by atomic mass is 16.4. The highest BCUT2D eigenvalue weighted by Crippen LogP contribution is 1.95. The third-order valence-corrected chi connectivity index (χ3v) is 1.21. The minimum absolute atomic E-state index is 0.235. The van der Waals surface area contributed by atoms with E-state index in [1.54, 1.807) is 0 Å². The van der Waals surface area contributed by atoms with Gasteiger partial charge in [-0.15, -0.1) is 0 Å². The quantitative estimate of drug-likeness (QED) is 0.537. The molecule has 0 aromatic carbocycles. The number of aliphatic carboxylic acids is 1. The molecule has 1 unspecified atom stereocenters. The fourth-order valence-electron chi connectivity index (χ4n) is 0.682. The maximum absolute atomic E-state index is 10.8. The average Bonchev–Trinajstić information content (AvgIpc) is 1.84. The van der Waals surface area contributed by atoms with Gasteiger partial charge in [0.05, 0.1) is 6.42 Å².